The maximum Gasteiger partial charge on any atom is 0.223 e. The van der Waals surface area contributed by atoms with E-state index in [0.717, 1.165) is 0 Å². The van der Waals surface area contributed by atoms with Gasteiger partial charge in [-0.15, -0.1) is 0 Å². The van der Waals surface area contributed by atoms with Crippen molar-refractivity contribution in [3.05, 3.63) is 0 Å². The van der Waals surface area contributed by atoms with Gasteiger partial charge in [-0.25, -0.2) is 5.48 Å². The summed E-state index contributed by atoms with van der Waals surface area (Å²) in [5.41, 5.74) is 1.92. The summed E-state index contributed by atoms with van der Waals surface area (Å²) >= 11 is 0. The summed E-state index contributed by atoms with van der Waals surface area (Å²) in [6.07, 6.45) is 0. The van der Waals surface area contributed by atoms with Crippen LogP contribution in [0.4, 0.5) is 0 Å². The Morgan fingerprint density at radius 1 is 1.78 bits per heavy atom. The SMILES string of the molecule is CNC(=O)C(C)CNO. The van der Waals surface area contributed by atoms with E-state index in [1.807, 2.05) is 5.48 Å². The third kappa shape index (κ3) is 3.05. The molecule has 0 saturated carbocycles. The summed E-state index contributed by atoms with van der Waals surface area (Å²) in [4.78, 5) is 10.6. The molecule has 1 atom stereocenters. The highest BCUT2D eigenvalue weighted by Gasteiger charge is 2.08. The van der Waals surface area contributed by atoms with Gasteiger partial charge in [0.25, 0.3) is 0 Å². The molecule has 0 fully saturated rings. The lowest BCUT2D eigenvalue weighted by molar-refractivity contribution is -0.124. The Morgan fingerprint density at radius 2 is 2.33 bits per heavy atom. The quantitative estimate of drug-likeness (QED) is 0.447. The zero-order chi connectivity index (χ0) is 7.28. The Morgan fingerprint density at radius 3 is 2.67 bits per heavy atom. The molecule has 4 heteroatoms. The topological polar surface area (TPSA) is 61.4 Å². The summed E-state index contributed by atoms with van der Waals surface area (Å²) in [6, 6.07) is 0. The normalized spacial score (nSPS) is 12.8. The van der Waals surface area contributed by atoms with E-state index >= 15 is 0 Å². The molecule has 3 N–H and O–H groups in total. The molecule has 0 aromatic rings. The second-order valence-corrected chi connectivity index (χ2v) is 1.88. The molecule has 0 aliphatic carbocycles. The number of rotatable bonds is 3. The molecule has 0 aromatic carbocycles. The van der Waals surface area contributed by atoms with Crippen LogP contribution in [0.25, 0.3) is 0 Å². The standard InChI is InChI=1S/C5H12N2O2/c1-4(3-7-9)5(8)6-2/h4,7,9H,3H2,1-2H3,(H,6,8). The van der Waals surface area contributed by atoms with E-state index < -0.39 is 0 Å². The summed E-state index contributed by atoms with van der Waals surface area (Å²) in [7, 11) is 1.57. The van der Waals surface area contributed by atoms with E-state index in [1.54, 1.807) is 14.0 Å². The Labute approximate surface area is 54.2 Å². The van der Waals surface area contributed by atoms with E-state index in [9.17, 15) is 4.79 Å². The Kier molecular flexibility index (Phi) is 4.00. The van der Waals surface area contributed by atoms with Crippen molar-refractivity contribution in [1.82, 2.24) is 10.8 Å². The molecule has 0 rings (SSSR count). The highest BCUT2D eigenvalue weighted by atomic mass is 16.5. The lowest BCUT2D eigenvalue weighted by Crippen LogP contribution is -2.31. The molecule has 0 heterocycles. The molecule has 0 aromatic heterocycles. The summed E-state index contributed by atoms with van der Waals surface area (Å²) in [5.74, 6) is -0.253. The summed E-state index contributed by atoms with van der Waals surface area (Å²) < 4.78 is 0. The van der Waals surface area contributed by atoms with Gasteiger partial charge in [-0.1, -0.05) is 6.92 Å². The van der Waals surface area contributed by atoms with Crippen LogP contribution in [0.2, 0.25) is 0 Å². The summed E-state index contributed by atoms with van der Waals surface area (Å²) in [5, 5.41) is 10.6. The molecule has 0 saturated heterocycles. The molecule has 0 aliphatic rings. The van der Waals surface area contributed by atoms with Crippen molar-refractivity contribution in [2.75, 3.05) is 13.6 Å². The lowest BCUT2D eigenvalue weighted by atomic mass is 10.2. The predicted octanol–water partition coefficient (Wildman–Crippen LogP) is -0.653. The maximum absolute atomic E-state index is 10.6. The highest BCUT2D eigenvalue weighted by molar-refractivity contribution is 5.78. The van der Waals surface area contributed by atoms with Gasteiger partial charge in [0, 0.05) is 19.5 Å². The van der Waals surface area contributed by atoms with Crippen molar-refractivity contribution in [2.45, 2.75) is 6.92 Å². The Balaban J connectivity index is 3.45. The fraction of sp³-hybridized carbons (Fsp3) is 0.800. The van der Waals surface area contributed by atoms with Crippen LogP contribution in [-0.4, -0.2) is 24.7 Å². The van der Waals surface area contributed by atoms with Gasteiger partial charge in [0.05, 0.1) is 0 Å². The molecule has 0 radical (unpaired) electrons. The van der Waals surface area contributed by atoms with Crippen molar-refractivity contribution >= 4 is 5.91 Å². The first-order valence-corrected chi connectivity index (χ1v) is 2.81. The van der Waals surface area contributed by atoms with E-state index in [4.69, 9.17) is 5.21 Å². The molecule has 1 unspecified atom stereocenters. The number of carbonyl (C=O) groups is 1. The molecular formula is C5H12N2O2. The number of hydrogen-bond acceptors (Lipinski definition) is 3. The first kappa shape index (κ1) is 8.39. The highest BCUT2D eigenvalue weighted by Crippen LogP contribution is 1.89. The van der Waals surface area contributed by atoms with Gasteiger partial charge in [0.2, 0.25) is 5.91 Å². The van der Waals surface area contributed by atoms with Crippen LogP contribution in [-0.2, 0) is 4.79 Å². The average Bonchev–Trinajstić information content (AvgIpc) is 1.87. The lowest BCUT2D eigenvalue weighted by Gasteiger charge is -2.06. The second-order valence-electron chi connectivity index (χ2n) is 1.88. The van der Waals surface area contributed by atoms with Crippen LogP contribution >= 0.6 is 0 Å². The third-order valence-electron chi connectivity index (χ3n) is 1.09. The number of nitrogens with one attached hydrogen (secondary N) is 2. The first-order chi connectivity index (χ1) is 4.22. The van der Waals surface area contributed by atoms with Crippen LogP contribution in [0.1, 0.15) is 6.92 Å². The molecule has 54 valence electrons. The van der Waals surface area contributed by atoms with Crippen molar-refractivity contribution in [1.29, 1.82) is 0 Å². The average molecular weight is 132 g/mol. The van der Waals surface area contributed by atoms with Crippen LogP contribution < -0.4 is 10.8 Å². The first-order valence-electron chi connectivity index (χ1n) is 2.81. The van der Waals surface area contributed by atoms with E-state index in [2.05, 4.69) is 5.32 Å². The second kappa shape index (κ2) is 4.29. The monoisotopic (exact) mass is 132 g/mol. The minimum absolute atomic E-state index is 0.0726. The minimum atomic E-state index is -0.181. The van der Waals surface area contributed by atoms with Gasteiger partial charge in [-0.05, 0) is 0 Å². The van der Waals surface area contributed by atoms with Crippen molar-refractivity contribution in [2.24, 2.45) is 5.92 Å². The number of hydrogen-bond donors (Lipinski definition) is 3. The van der Waals surface area contributed by atoms with Gasteiger partial charge in [0.15, 0.2) is 0 Å². The van der Waals surface area contributed by atoms with Crippen molar-refractivity contribution in [3.63, 3.8) is 0 Å². The number of amides is 1. The van der Waals surface area contributed by atoms with Gasteiger partial charge in [-0.3, -0.25) is 4.79 Å². The van der Waals surface area contributed by atoms with Gasteiger partial charge in [-0.2, -0.15) is 0 Å². The number of hydroxylamine groups is 1. The van der Waals surface area contributed by atoms with Crippen LogP contribution in [0.3, 0.4) is 0 Å². The zero-order valence-electron chi connectivity index (χ0n) is 5.64. The van der Waals surface area contributed by atoms with Gasteiger partial charge in [0.1, 0.15) is 0 Å². The predicted molar refractivity (Wildman–Crippen MR) is 33.0 cm³/mol. The molecule has 4 nitrogen and oxygen atoms in total. The largest absolute Gasteiger partial charge is 0.359 e. The minimum Gasteiger partial charge on any atom is -0.359 e. The van der Waals surface area contributed by atoms with E-state index in [-0.39, 0.29) is 11.8 Å². The fourth-order valence-electron chi connectivity index (χ4n) is 0.476. The molecule has 0 spiro atoms. The Hall–Kier alpha value is -0.610. The van der Waals surface area contributed by atoms with Crippen LogP contribution in [0, 0.1) is 5.92 Å². The smallest absolute Gasteiger partial charge is 0.223 e. The van der Waals surface area contributed by atoms with Crippen molar-refractivity contribution in [3.8, 4) is 0 Å². The summed E-state index contributed by atoms with van der Waals surface area (Å²) in [6.45, 7) is 2.02. The molecule has 0 bridgehead atoms. The molecular weight excluding hydrogens is 120 g/mol. The maximum atomic E-state index is 10.6. The van der Waals surface area contributed by atoms with Crippen LogP contribution in [0.5, 0.6) is 0 Å². The Bertz CT molecular complexity index is 95.0. The van der Waals surface area contributed by atoms with Crippen molar-refractivity contribution < 1.29 is 10.0 Å². The van der Waals surface area contributed by atoms with Gasteiger partial charge < -0.3 is 10.5 Å². The van der Waals surface area contributed by atoms with Crippen LogP contribution in [0.15, 0.2) is 0 Å². The van der Waals surface area contributed by atoms with E-state index in [1.165, 1.54) is 0 Å². The molecule has 1 amide bonds. The fourth-order valence-corrected chi connectivity index (χ4v) is 0.476. The molecule has 9 heavy (non-hydrogen) atoms. The molecule has 0 aliphatic heterocycles. The third-order valence-corrected chi connectivity index (χ3v) is 1.09. The van der Waals surface area contributed by atoms with E-state index in [0.29, 0.717) is 6.54 Å². The number of carbonyl (C=O) groups excluding carboxylic acids is 1. The zero-order valence-corrected chi connectivity index (χ0v) is 5.64. The van der Waals surface area contributed by atoms with Gasteiger partial charge >= 0.3 is 0 Å².